The van der Waals surface area contributed by atoms with E-state index in [1.165, 1.54) is 0 Å². The maximum absolute atomic E-state index is 13.0. The Morgan fingerprint density at radius 3 is 2.23 bits per heavy atom. The highest BCUT2D eigenvalue weighted by Crippen LogP contribution is 2.25. The molecule has 1 aliphatic rings. The van der Waals surface area contributed by atoms with Gasteiger partial charge in [0.2, 0.25) is 10.0 Å². The van der Waals surface area contributed by atoms with E-state index in [1.54, 1.807) is 29.4 Å². The number of rotatable bonds is 8. The monoisotopic (exact) mass is 444 g/mol. The first-order valence-electron chi connectivity index (χ1n) is 10.8. The van der Waals surface area contributed by atoms with Crippen molar-refractivity contribution in [3.63, 3.8) is 0 Å². The van der Waals surface area contributed by atoms with Crippen LogP contribution < -0.4 is 4.74 Å². The van der Waals surface area contributed by atoms with E-state index in [2.05, 4.69) is 18.7 Å². The number of Topliss-reactive ketones (excluding diaryl/α,β-unsaturated/α-hetero) is 1. The lowest BCUT2D eigenvalue weighted by molar-refractivity contribution is 0.101. The summed E-state index contributed by atoms with van der Waals surface area (Å²) >= 11 is 0. The Kier molecular flexibility index (Phi) is 7.51. The molecule has 31 heavy (non-hydrogen) atoms. The topological polar surface area (TPSA) is 66.9 Å². The first-order chi connectivity index (χ1) is 14.7. The van der Waals surface area contributed by atoms with E-state index >= 15 is 0 Å². The lowest BCUT2D eigenvalue weighted by Gasteiger charge is -2.34. The van der Waals surface area contributed by atoms with Gasteiger partial charge in [-0.05, 0) is 55.7 Å². The Labute approximate surface area is 185 Å². The van der Waals surface area contributed by atoms with E-state index in [0.29, 0.717) is 55.7 Å². The fourth-order valence-electron chi connectivity index (χ4n) is 3.76. The Morgan fingerprint density at radius 1 is 1.03 bits per heavy atom. The molecular formula is C24H32N2O4S. The van der Waals surface area contributed by atoms with Gasteiger partial charge in [0.15, 0.2) is 5.78 Å². The SMILES string of the molecule is CCOc1ccc(C(C)=O)cc1CN1CCN(S(=O)(=O)c2ccc(C(C)C)cc2)CC1. The molecule has 2 aromatic carbocycles. The highest BCUT2D eigenvalue weighted by Gasteiger charge is 2.29. The molecule has 0 N–H and O–H groups in total. The van der Waals surface area contributed by atoms with Crippen molar-refractivity contribution >= 4 is 15.8 Å². The summed E-state index contributed by atoms with van der Waals surface area (Å²) in [7, 11) is -3.50. The predicted octanol–water partition coefficient (Wildman–Crippen LogP) is 3.92. The van der Waals surface area contributed by atoms with Crippen molar-refractivity contribution in [2.75, 3.05) is 32.8 Å². The number of ether oxygens (including phenoxy) is 1. The molecule has 3 rings (SSSR count). The first-order valence-corrected chi connectivity index (χ1v) is 12.3. The minimum atomic E-state index is -3.50. The molecular weight excluding hydrogens is 412 g/mol. The van der Waals surface area contributed by atoms with Gasteiger partial charge >= 0.3 is 0 Å². The molecule has 168 valence electrons. The minimum Gasteiger partial charge on any atom is -0.494 e. The van der Waals surface area contributed by atoms with Crippen molar-refractivity contribution in [2.45, 2.75) is 45.1 Å². The highest BCUT2D eigenvalue weighted by atomic mass is 32.2. The zero-order chi connectivity index (χ0) is 22.6. The van der Waals surface area contributed by atoms with E-state index in [-0.39, 0.29) is 5.78 Å². The Bertz CT molecular complexity index is 1010. The molecule has 0 radical (unpaired) electrons. The zero-order valence-electron chi connectivity index (χ0n) is 18.8. The highest BCUT2D eigenvalue weighted by molar-refractivity contribution is 7.89. The zero-order valence-corrected chi connectivity index (χ0v) is 19.6. The van der Waals surface area contributed by atoms with Crippen molar-refractivity contribution in [3.8, 4) is 5.75 Å². The molecule has 2 aromatic rings. The molecule has 1 heterocycles. The van der Waals surface area contributed by atoms with Crippen LogP contribution in [0.2, 0.25) is 0 Å². The third-order valence-electron chi connectivity index (χ3n) is 5.68. The maximum Gasteiger partial charge on any atom is 0.243 e. The van der Waals surface area contributed by atoms with Gasteiger partial charge in [-0.15, -0.1) is 0 Å². The number of carbonyl (C=O) groups excluding carboxylic acids is 1. The normalized spacial score (nSPS) is 15.9. The summed E-state index contributed by atoms with van der Waals surface area (Å²) in [4.78, 5) is 14.3. The Morgan fingerprint density at radius 2 is 1.68 bits per heavy atom. The van der Waals surface area contributed by atoms with Crippen molar-refractivity contribution in [1.82, 2.24) is 9.21 Å². The molecule has 0 atom stereocenters. The molecule has 0 aromatic heterocycles. The molecule has 1 fully saturated rings. The van der Waals surface area contributed by atoms with Gasteiger partial charge in [-0.2, -0.15) is 4.31 Å². The average molecular weight is 445 g/mol. The number of ketones is 1. The van der Waals surface area contributed by atoms with E-state index in [9.17, 15) is 13.2 Å². The Hall–Kier alpha value is -2.22. The summed E-state index contributed by atoms with van der Waals surface area (Å²) in [6.07, 6.45) is 0. The van der Waals surface area contributed by atoms with Crippen LogP contribution in [0.5, 0.6) is 5.75 Å². The van der Waals surface area contributed by atoms with E-state index in [4.69, 9.17) is 4.74 Å². The first kappa shape index (κ1) is 23.4. The van der Waals surface area contributed by atoms with Crippen LogP contribution in [-0.2, 0) is 16.6 Å². The van der Waals surface area contributed by atoms with Crippen molar-refractivity contribution in [1.29, 1.82) is 0 Å². The fourth-order valence-corrected chi connectivity index (χ4v) is 5.18. The summed E-state index contributed by atoms with van der Waals surface area (Å²) < 4.78 is 33.4. The summed E-state index contributed by atoms with van der Waals surface area (Å²) in [5.41, 5.74) is 2.74. The van der Waals surface area contributed by atoms with Gasteiger partial charge in [-0.1, -0.05) is 26.0 Å². The van der Waals surface area contributed by atoms with Gasteiger partial charge in [-0.25, -0.2) is 8.42 Å². The quantitative estimate of drug-likeness (QED) is 0.578. The van der Waals surface area contributed by atoms with Gasteiger partial charge in [0.25, 0.3) is 0 Å². The number of hydrogen-bond donors (Lipinski definition) is 0. The van der Waals surface area contributed by atoms with Crippen molar-refractivity contribution < 1.29 is 17.9 Å². The summed E-state index contributed by atoms with van der Waals surface area (Å²) in [5.74, 6) is 1.15. The lowest BCUT2D eigenvalue weighted by atomic mass is 10.0. The van der Waals surface area contributed by atoms with Crippen LogP contribution in [0, 0.1) is 0 Å². The van der Waals surface area contributed by atoms with Crippen LogP contribution in [0.3, 0.4) is 0 Å². The van der Waals surface area contributed by atoms with Crippen LogP contribution >= 0.6 is 0 Å². The predicted molar refractivity (Wildman–Crippen MR) is 122 cm³/mol. The number of benzene rings is 2. The van der Waals surface area contributed by atoms with Gasteiger partial charge in [0.1, 0.15) is 5.75 Å². The minimum absolute atomic E-state index is 0.0173. The largest absolute Gasteiger partial charge is 0.494 e. The molecule has 0 amide bonds. The van der Waals surface area contributed by atoms with Gasteiger partial charge < -0.3 is 4.74 Å². The molecule has 6 nitrogen and oxygen atoms in total. The number of carbonyl (C=O) groups is 1. The van der Waals surface area contributed by atoms with Crippen LogP contribution in [0.4, 0.5) is 0 Å². The van der Waals surface area contributed by atoms with Crippen LogP contribution in [0.1, 0.15) is 55.1 Å². The van der Waals surface area contributed by atoms with Gasteiger partial charge in [0.05, 0.1) is 11.5 Å². The van der Waals surface area contributed by atoms with E-state index in [0.717, 1.165) is 16.9 Å². The molecule has 0 saturated carbocycles. The number of hydrogen-bond acceptors (Lipinski definition) is 5. The Balaban J connectivity index is 1.68. The van der Waals surface area contributed by atoms with Crippen LogP contribution in [0.15, 0.2) is 47.4 Å². The second-order valence-electron chi connectivity index (χ2n) is 8.22. The van der Waals surface area contributed by atoms with Crippen LogP contribution in [0.25, 0.3) is 0 Å². The molecule has 0 unspecified atom stereocenters. The molecule has 0 bridgehead atoms. The molecule has 1 aliphatic heterocycles. The smallest absolute Gasteiger partial charge is 0.243 e. The summed E-state index contributed by atoms with van der Waals surface area (Å²) in [5, 5.41) is 0. The second kappa shape index (κ2) is 9.94. The second-order valence-corrected chi connectivity index (χ2v) is 10.2. The van der Waals surface area contributed by atoms with Crippen LogP contribution in [-0.4, -0.2) is 56.2 Å². The third kappa shape index (κ3) is 5.53. The third-order valence-corrected chi connectivity index (χ3v) is 7.59. The van der Waals surface area contributed by atoms with Gasteiger partial charge in [-0.3, -0.25) is 9.69 Å². The standard InChI is InChI=1S/C24H32N2O4S/c1-5-30-24-11-8-21(19(4)27)16-22(24)17-25-12-14-26(15-13-25)31(28,29)23-9-6-20(7-10-23)18(2)3/h6-11,16,18H,5,12-15,17H2,1-4H3. The lowest BCUT2D eigenvalue weighted by Crippen LogP contribution is -2.48. The van der Waals surface area contributed by atoms with E-state index < -0.39 is 10.0 Å². The molecule has 0 aliphatic carbocycles. The maximum atomic E-state index is 13.0. The molecule has 1 saturated heterocycles. The summed E-state index contributed by atoms with van der Waals surface area (Å²) in [6.45, 7) is 10.9. The summed E-state index contributed by atoms with van der Waals surface area (Å²) in [6, 6.07) is 12.7. The number of nitrogens with zero attached hydrogens (tertiary/aromatic N) is 2. The van der Waals surface area contributed by atoms with Gasteiger partial charge in [0, 0.05) is 43.9 Å². The van der Waals surface area contributed by atoms with E-state index in [1.807, 2.05) is 31.2 Å². The average Bonchev–Trinajstić information content (AvgIpc) is 2.75. The molecule has 7 heteroatoms. The number of sulfonamides is 1. The molecule has 0 spiro atoms. The number of piperazine rings is 1. The fraction of sp³-hybridized carbons (Fsp3) is 0.458. The van der Waals surface area contributed by atoms with Crippen molar-refractivity contribution in [2.24, 2.45) is 0 Å². The van der Waals surface area contributed by atoms with Crippen molar-refractivity contribution in [3.05, 3.63) is 59.2 Å².